The molecular weight excluding hydrogens is 368 g/mol. The molecule has 1 fully saturated rings. The highest BCUT2D eigenvalue weighted by atomic mass is 79.9. The minimum absolute atomic E-state index is 0.144. The van der Waals surface area contributed by atoms with Crippen LogP contribution in [0.4, 0.5) is 0 Å². The van der Waals surface area contributed by atoms with Crippen LogP contribution in [0.2, 0.25) is 0 Å². The third-order valence-electron chi connectivity index (χ3n) is 4.51. The molecule has 0 bridgehead atoms. The standard InChI is InChI=1S/C19H29BrN2O2/c1-5-9-24-18-15(20)10-14(11-16(18)23-6-2)12-22-8-7-17(21)19(3,4)13-22/h5,10-11,17H,1,6-9,12-13,21H2,2-4H3. The van der Waals surface area contributed by atoms with Gasteiger partial charge >= 0.3 is 0 Å². The van der Waals surface area contributed by atoms with Crippen molar-refractivity contribution in [1.29, 1.82) is 0 Å². The number of hydrogen-bond acceptors (Lipinski definition) is 4. The van der Waals surface area contributed by atoms with Gasteiger partial charge in [-0.15, -0.1) is 0 Å². The Morgan fingerprint density at radius 2 is 2.17 bits per heavy atom. The van der Waals surface area contributed by atoms with Crippen molar-refractivity contribution in [2.75, 3.05) is 26.3 Å². The van der Waals surface area contributed by atoms with Gasteiger partial charge in [0.25, 0.3) is 0 Å². The van der Waals surface area contributed by atoms with E-state index in [1.54, 1.807) is 6.08 Å². The van der Waals surface area contributed by atoms with Gasteiger partial charge in [0.2, 0.25) is 0 Å². The zero-order valence-corrected chi connectivity index (χ0v) is 16.6. The molecule has 0 spiro atoms. The van der Waals surface area contributed by atoms with E-state index in [2.05, 4.69) is 53.4 Å². The number of hydrogen-bond donors (Lipinski definition) is 1. The van der Waals surface area contributed by atoms with Crippen LogP contribution in [-0.4, -0.2) is 37.2 Å². The maximum atomic E-state index is 6.24. The first-order chi connectivity index (χ1) is 11.4. The summed E-state index contributed by atoms with van der Waals surface area (Å²) in [6.45, 7) is 14.1. The Morgan fingerprint density at radius 1 is 1.42 bits per heavy atom. The van der Waals surface area contributed by atoms with Crippen LogP contribution in [0.1, 0.15) is 32.8 Å². The molecule has 2 rings (SSSR count). The Morgan fingerprint density at radius 3 is 2.79 bits per heavy atom. The monoisotopic (exact) mass is 396 g/mol. The van der Waals surface area contributed by atoms with Crippen molar-refractivity contribution in [3.05, 3.63) is 34.8 Å². The number of nitrogens with zero attached hydrogens (tertiary/aromatic N) is 1. The van der Waals surface area contributed by atoms with Gasteiger partial charge in [-0.3, -0.25) is 4.90 Å². The maximum Gasteiger partial charge on any atom is 0.175 e. The van der Waals surface area contributed by atoms with Crippen LogP contribution in [0.3, 0.4) is 0 Å². The van der Waals surface area contributed by atoms with Crippen molar-refractivity contribution >= 4 is 15.9 Å². The number of nitrogens with two attached hydrogens (primary N) is 1. The Bertz CT molecular complexity index is 575. The normalized spacial score (nSPS) is 20.6. The molecule has 1 unspecified atom stereocenters. The highest BCUT2D eigenvalue weighted by Gasteiger charge is 2.33. The van der Waals surface area contributed by atoms with E-state index >= 15 is 0 Å². The maximum absolute atomic E-state index is 6.24. The lowest BCUT2D eigenvalue weighted by molar-refractivity contribution is 0.0898. The molecule has 0 saturated carbocycles. The summed E-state index contributed by atoms with van der Waals surface area (Å²) in [5, 5.41) is 0. The van der Waals surface area contributed by atoms with Crippen LogP contribution < -0.4 is 15.2 Å². The quantitative estimate of drug-likeness (QED) is 0.708. The molecule has 134 valence electrons. The molecule has 1 atom stereocenters. The summed E-state index contributed by atoms with van der Waals surface area (Å²) in [7, 11) is 0. The fraction of sp³-hybridized carbons (Fsp3) is 0.579. The minimum Gasteiger partial charge on any atom is -0.490 e. The summed E-state index contributed by atoms with van der Waals surface area (Å²) in [6.07, 6.45) is 2.77. The summed E-state index contributed by atoms with van der Waals surface area (Å²) < 4.78 is 12.4. The third-order valence-corrected chi connectivity index (χ3v) is 5.10. The largest absolute Gasteiger partial charge is 0.490 e. The molecule has 0 aliphatic carbocycles. The fourth-order valence-electron chi connectivity index (χ4n) is 3.14. The molecule has 2 N–H and O–H groups in total. The van der Waals surface area contributed by atoms with E-state index in [4.69, 9.17) is 15.2 Å². The molecule has 4 nitrogen and oxygen atoms in total. The first kappa shape index (κ1) is 19.3. The summed E-state index contributed by atoms with van der Waals surface area (Å²) in [6, 6.07) is 4.46. The van der Waals surface area contributed by atoms with Crippen LogP contribution in [0.15, 0.2) is 29.3 Å². The molecule has 5 heteroatoms. The van der Waals surface area contributed by atoms with Crippen LogP contribution in [0.5, 0.6) is 11.5 Å². The lowest BCUT2D eigenvalue weighted by Gasteiger charge is -2.42. The van der Waals surface area contributed by atoms with Crippen LogP contribution >= 0.6 is 15.9 Å². The Labute approximate surface area is 154 Å². The van der Waals surface area contributed by atoms with Crippen molar-refractivity contribution in [2.24, 2.45) is 11.1 Å². The molecular formula is C19H29BrN2O2. The van der Waals surface area contributed by atoms with E-state index in [1.165, 1.54) is 5.56 Å². The van der Waals surface area contributed by atoms with Gasteiger partial charge in [-0.25, -0.2) is 0 Å². The number of ether oxygens (including phenoxy) is 2. The third kappa shape index (κ3) is 4.74. The van der Waals surface area contributed by atoms with E-state index in [9.17, 15) is 0 Å². The number of likely N-dealkylation sites (tertiary alicyclic amines) is 1. The molecule has 1 aromatic carbocycles. The summed E-state index contributed by atoms with van der Waals surface area (Å²) >= 11 is 3.62. The second-order valence-corrected chi connectivity index (χ2v) is 7.89. The Hall–Kier alpha value is -1.04. The van der Waals surface area contributed by atoms with E-state index in [-0.39, 0.29) is 11.5 Å². The van der Waals surface area contributed by atoms with Gasteiger partial charge < -0.3 is 15.2 Å². The van der Waals surface area contributed by atoms with Crippen LogP contribution in [-0.2, 0) is 6.54 Å². The second kappa shape index (κ2) is 8.37. The van der Waals surface area contributed by atoms with Gasteiger partial charge in [-0.2, -0.15) is 0 Å². The van der Waals surface area contributed by atoms with Gasteiger partial charge in [0, 0.05) is 25.7 Å². The van der Waals surface area contributed by atoms with Crippen molar-refractivity contribution < 1.29 is 9.47 Å². The minimum atomic E-state index is 0.144. The second-order valence-electron chi connectivity index (χ2n) is 7.03. The van der Waals surface area contributed by atoms with Gasteiger partial charge in [0.05, 0.1) is 11.1 Å². The molecule has 1 aromatic rings. The number of rotatable bonds is 7. The first-order valence-electron chi connectivity index (χ1n) is 8.54. The Kier molecular flexibility index (Phi) is 6.72. The summed E-state index contributed by atoms with van der Waals surface area (Å²) in [5.41, 5.74) is 7.60. The molecule has 1 aliphatic rings. The molecule has 1 heterocycles. The SMILES string of the molecule is C=CCOc1c(Br)cc(CN2CCC(N)C(C)(C)C2)cc1OCC. The molecule has 1 saturated heterocycles. The predicted octanol–water partition coefficient (Wildman–Crippen LogP) is 3.97. The molecule has 1 aliphatic heterocycles. The highest BCUT2D eigenvalue weighted by molar-refractivity contribution is 9.10. The number of piperidine rings is 1. The average Bonchev–Trinajstić information content (AvgIpc) is 2.50. The highest BCUT2D eigenvalue weighted by Crippen LogP contribution is 2.38. The first-order valence-corrected chi connectivity index (χ1v) is 9.33. The number of halogens is 1. The van der Waals surface area contributed by atoms with Crippen molar-refractivity contribution in [2.45, 2.75) is 39.8 Å². The summed E-state index contributed by atoms with van der Waals surface area (Å²) in [4.78, 5) is 2.46. The van der Waals surface area contributed by atoms with E-state index in [0.29, 0.717) is 13.2 Å². The van der Waals surface area contributed by atoms with Gasteiger partial charge in [-0.05, 0) is 52.4 Å². The zero-order chi connectivity index (χ0) is 17.7. The smallest absolute Gasteiger partial charge is 0.175 e. The summed E-state index contributed by atoms with van der Waals surface area (Å²) in [5.74, 6) is 1.51. The van der Waals surface area contributed by atoms with Gasteiger partial charge in [0.15, 0.2) is 11.5 Å². The molecule has 0 amide bonds. The van der Waals surface area contributed by atoms with Crippen LogP contribution in [0, 0.1) is 5.41 Å². The van der Waals surface area contributed by atoms with Crippen molar-refractivity contribution in [3.8, 4) is 11.5 Å². The molecule has 0 radical (unpaired) electrons. The fourth-order valence-corrected chi connectivity index (χ4v) is 3.74. The van der Waals surface area contributed by atoms with Crippen molar-refractivity contribution in [3.63, 3.8) is 0 Å². The van der Waals surface area contributed by atoms with E-state index in [0.717, 1.165) is 42.0 Å². The number of benzene rings is 1. The molecule has 0 aromatic heterocycles. The van der Waals surface area contributed by atoms with Crippen LogP contribution in [0.25, 0.3) is 0 Å². The van der Waals surface area contributed by atoms with Gasteiger partial charge in [0.1, 0.15) is 6.61 Å². The predicted molar refractivity (Wildman–Crippen MR) is 103 cm³/mol. The van der Waals surface area contributed by atoms with Crippen molar-refractivity contribution in [1.82, 2.24) is 4.90 Å². The lowest BCUT2D eigenvalue weighted by atomic mass is 9.79. The topological polar surface area (TPSA) is 47.7 Å². The van der Waals surface area contributed by atoms with Gasteiger partial charge in [-0.1, -0.05) is 26.5 Å². The lowest BCUT2D eigenvalue weighted by Crippen LogP contribution is -2.52. The zero-order valence-electron chi connectivity index (χ0n) is 15.0. The molecule has 24 heavy (non-hydrogen) atoms. The Balaban J connectivity index is 2.17. The van der Waals surface area contributed by atoms with E-state index in [1.807, 2.05) is 6.92 Å². The van der Waals surface area contributed by atoms with E-state index < -0.39 is 0 Å². The average molecular weight is 397 g/mol.